The number of esters is 1. The third kappa shape index (κ3) is 4.08. The maximum atomic E-state index is 12.2. The molecule has 2 amide bonds. The second kappa shape index (κ2) is 7.81. The number of carbonyl (C=O) groups excluding carboxylic acids is 3. The van der Waals surface area contributed by atoms with Crippen LogP contribution in [0.15, 0.2) is 41.1 Å². The number of nitrogens with one attached hydrogen (secondary N) is 1. The van der Waals surface area contributed by atoms with Crippen molar-refractivity contribution < 1.29 is 23.6 Å². The molecule has 1 unspecified atom stereocenters. The highest BCUT2D eigenvalue weighted by Crippen LogP contribution is 2.26. The van der Waals surface area contributed by atoms with E-state index in [4.69, 9.17) is 4.74 Å². The first kappa shape index (κ1) is 17.7. The number of rotatable bonds is 6. The van der Waals surface area contributed by atoms with Crippen molar-refractivity contribution in [2.45, 2.75) is 19.8 Å². The van der Waals surface area contributed by atoms with Gasteiger partial charge in [0.2, 0.25) is 5.91 Å². The van der Waals surface area contributed by atoms with Gasteiger partial charge >= 0.3 is 5.97 Å². The molecule has 8 heteroatoms. The molecule has 1 aliphatic rings. The highest BCUT2D eigenvalue weighted by Gasteiger charge is 2.36. The zero-order valence-electron chi connectivity index (χ0n) is 14.3. The van der Waals surface area contributed by atoms with Crippen LogP contribution in [0.4, 0.5) is 11.5 Å². The molecular formula is C18H19N3O5. The van der Waals surface area contributed by atoms with Gasteiger partial charge in [0.25, 0.3) is 5.91 Å². The van der Waals surface area contributed by atoms with Crippen LogP contribution in [0, 0.1) is 5.92 Å². The first-order valence-electron chi connectivity index (χ1n) is 8.33. The highest BCUT2D eigenvalue weighted by atomic mass is 16.5. The van der Waals surface area contributed by atoms with E-state index in [1.54, 1.807) is 4.90 Å². The van der Waals surface area contributed by atoms with Gasteiger partial charge < -0.3 is 19.5 Å². The number of hydrogen-bond donors (Lipinski definition) is 1. The molecular weight excluding hydrogens is 338 g/mol. The average molecular weight is 357 g/mol. The summed E-state index contributed by atoms with van der Waals surface area (Å²) in [7, 11) is 0. The molecule has 136 valence electrons. The third-order valence-corrected chi connectivity index (χ3v) is 4.17. The van der Waals surface area contributed by atoms with Crippen LogP contribution in [0.2, 0.25) is 0 Å². The maximum Gasteiger partial charge on any atom is 0.311 e. The van der Waals surface area contributed by atoms with Crippen LogP contribution >= 0.6 is 0 Å². The first-order chi connectivity index (χ1) is 12.6. The highest BCUT2D eigenvalue weighted by molar-refractivity contribution is 6.00. The molecule has 1 aromatic heterocycles. The van der Waals surface area contributed by atoms with Crippen molar-refractivity contribution in [3.05, 3.63) is 42.2 Å². The summed E-state index contributed by atoms with van der Waals surface area (Å²) in [5.41, 5.74) is 1.93. The monoisotopic (exact) mass is 357 g/mol. The van der Waals surface area contributed by atoms with E-state index >= 15 is 0 Å². The topological polar surface area (TPSA) is 102 Å². The summed E-state index contributed by atoms with van der Waals surface area (Å²) in [4.78, 5) is 37.6. The van der Waals surface area contributed by atoms with Crippen LogP contribution in [0.25, 0.3) is 0 Å². The minimum absolute atomic E-state index is 0.0687. The Labute approximate surface area is 150 Å². The molecule has 0 aliphatic carbocycles. The normalized spacial score (nSPS) is 16.6. The van der Waals surface area contributed by atoms with Gasteiger partial charge in [-0.15, -0.1) is 0 Å². The lowest BCUT2D eigenvalue weighted by Crippen LogP contribution is -2.28. The predicted molar refractivity (Wildman–Crippen MR) is 92.4 cm³/mol. The number of aromatic nitrogens is 1. The van der Waals surface area contributed by atoms with Gasteiger partial charge in [-0.3, -0.25) is 14.4 Å². The van der Waals surface area contributed by atoms with E-state index in [-0.39, 0.29) is 24.7 Å². The van der Waals surface area contributed by atoms with Crippen molar-refractivity contribution in [2.24, 2.45) is 5.92 Å². The van der Waals surface area contributed by atoms with Crippen LogP contribution in [0.1, 0.15) is 18.9 Å². The van der Waals surface area contributed by atoms with Gasteiger partial charge in [-0.05, 0) is 24.1 Å². The summed E-state index contributed by atoms with van der Waals surface area (Å²) >= 11 is 0. The predicted octanol–water partition coefficient (Wildman–Crippen LogP) is 1.77. The van der Waals surface area contributed by atoms with Crippen molar-refractivity contribution >= 4 is 29.3 Å². The van der Waals surface area contributed by atoms with Gasteiger partial charge in [0, 0.05) is 24.7 Å². The summed E-state index contributed by atoms with van der Waals surface area (Å²) in [5.74, 6) is -1.58. The first-order valence-corrected chi connectivity index (χ1v) is 8.33. The van der Waals surface area contributed by atoms with Crippen LogP contribution in [-0.2, 0) is 25.5 Å². The largest absolute Gasteiger partial charge is 0.455 e. The molecule has 2 heterocycles. The van der Waals surface area contributed by atoms with Gasteiger partial charge in [-0.25, -0.2) is 0 Å². The summed E-state index contributed by atoms with van der Waals surface area (Å²) in [6, 6.07) is 9.13. The van der Waals surface area contributed by atoms with E-state index in [0.717, 1.165) is 12.1 Å². The van der Waals surface area contributed by atoms with Crippen molar-refractivity contribution in [1.82, 2.24) is 5.16 Å². The standard InChI is InChI=1S/C18H19N3O5/c1-2-12-3-5-14(6-4-12)21-10-13(9-17(21)23)18(24)25-11-16(22)19-15-7-8-26-20-15/h3-8,13H,2,9-11H2,1H3,(H,19,20,22). The number of ether oxygens (including phenoxy) is 1. The molecule has 8 nitrogen and oxygen atoms in total. The number of amides is 2. The Bertz CT molecular complexity index is 786. The van der Waals surface area contributed by atoms with Gasteiger partial charge in [-0.2, -0.15) is 0 Å². The Morgan fingerprint density at radius 3 is 2.73 bits per heavy atom. The summed E-state index contributed by atoms with van der Waals surface area (Å²) in [6.07, 6.45) is 2.30. The smallest absolute Gasteiger partial charge is 0.311 e. The summed E-state index contributed by atoms with van der Waals surface area (Å²) in [6.45, 7) is 1.86. The number of aryl methyl sites for hydroxylation is 1. The molecule has 1 saturated heterocycles. The Hall–Kier alpha value is -3.16. The second-order valence-corrected chi connectivity index (χ2v) is 5.97. The minimum atomic E-state index is -0.590. The molecule has 1 fully saturated rings. The fourth-order valence-corrected chi connectivity index (χ4v) is 2.74. The molecule has 1 aliphatic heterocycles. The van der Waals surface area contributed by atoms with E-state index in [1.807, 2.05) is 24.3 Å². The fourth-order valence-electron chi connectivity index (χ4n) is 2.74. The zero-order valence-corrected chi connectivity index (χ0v) is 14.3. The van der Waals surface area contributed by atoms with Crippen molar-refractivity contribution in [2.75, 3.05) is 23.4 Å². The molecule has 2 aromatic rings. The van der Waals surface area contributed by atoms with Crippen molar-refractivity contribution in [3.8, 4) is 0 Å². The SMILES string of the molecule is CCc1ccc(N2CC(C(=O)OCC(=O)Nc3ccon3)CC2=O)cc1. The second-order valence-electron chi connectivity index (χ2n) is 5.97. The molecule has 0 spiro atoms. The molecule has 26 heavy (non-hydrogen) atoms. The number of anilines is 2. The van der Waals surface area contributed by atoms with Crippen molar-refractivity contribution in [3.63, 3.8) is 0 Å². The van der Waals surface area contributed by atoms with E-state index in [2.05, 4.69) is 21.9 Å². The number of nitrogens with zero attached hydrogens (tertiary/aromatic N) is 2. The van der Waals surface area contributed by atoms with Crippen LogP contribution in [0.3, 0.4) is 0 Å². The van der Waals surface area contributed by atoms with Gasteiger partial charge in [0.15, 0.2) is 12.4 Å². The van der Waals surface area contributed by atoms with E-state index in [0.29, 0.717) is 0 Å². The summed E-state index contributed by atoms with van der Waals surface area (Å²) < 4.78 is 9.60. The lowest BCUT2D eigenvalue weighted by atomic mass is 10.1. The van der Waals surface area contributed by atoms with Crippen LogP contribution < -0.4 is 10.2 Å². The number of carbonyl (C=O) groups is 3. The van der Waals surface area contributed by atoms with Gasteiger partial charge in [0.05, 0.1) is 5.92 Å². The Balaban J connectivity index is 1.52. The van der Waals surface area contributed by atoms with Gasteiger partial charge in [-0.1, -0.05) is 24.2 Å². The molecule has 1 atom stereocenters. The molecule has 0 bridgehead atoms. The molecule has 3 rings (SSSR count). The Morgan fingerprint density at radius 1 is 1.31 bits per heavy atom. The lowest BCUT2D eigenvalue weighted by Gasteiger charge is -2.17. The Morgan fingerprint density at radius 2 is 2.08 bits per heavy atom. The summed E-state index contributed by atoms with van der Waals surface area (Å²) in [5, 5.41) is 5.95. The Kier molecular flexibility index (Phi) is 5.31. The van der Waals surface area contributed by atoms with E-state index < -0.39 is 24.4 Å². The average Bonchev–Trinajstić information content (AvgIpc) is 3.29. The van der Waals surface area contributed by atoms with Crippen LogP contribution in [-0.4, -0.2) is 36.1 Å². The van der Waals surface area contributed by atoms with Crippen molar-refractivity contribution in [1.29, 1.82) is 0 Å². The molecule has 0 saturated carbocycles. The quantitative estimate of drug-likeness (QED) is 0.791. The zero-order chi connectivity index (χ0) is 18.5. The number of hydrogen-bond acceptors (Lipinski definition) is 6. The van der Waals surface area contributed by atoms with E-state index in [1.165, 1.54) is 17.9 Å². The van der Waals surface area contributed by atoms with E-state index in [9.17, 15) is 14.4 Å². The van der Waals surface area contributed by atoms with Gasteiger partial charge in [0.1, 0.15) is 6.26 Å². The third-order valence-electron chi connectivity index (χ3n) is 4.17. The molecule has 1 aromatic carbocycles. The number of benzene rings is 1. The lowest BCUT2D eigenvalue weighted by molar-refractivity contribution is -0.151. The minimum Gasteiger partial charge on any atom is -0.455 e. The molecule has 1 N–H and O–H groups in total. The van der Waals surface area contributed by atoms with Crippen LogP contribution in [0.5, 0.6) is 0 Å². The maximum absolute atomic E-state index is 12.2. The molecule has 0 radical (unpaired) electrons. The fraction of sp³-hybridized carbons (Fsp3) is 0.333.